The van der Waals surface area contributed by atoms with Crippen molar-refractivity contribution < 1.29 is 73.7 Å². The molecule has 528 valence electrons. The first-order chi connectivity index (χ1) is 45.9. The molecule has 1 aliphatic rings. The first kappa shape index (κ1) is 83.9. The maximum Gasteiger partial charge on any atom is 0.356 e. The van der Waals surface area contributed by atoms with Crippen LogP contribution in [0, 0.1) is 0 Å². The minimum atomic E-state index is -1.27. The van der Waals surface area contributed by atoms with Crippen LogP contribution in [0.2, 0.25) is 30.1 Å². The molecule has 6 aromatic rings. The molecule has 0 aliphatic carbocycles. The topological polar surface area (TPSA) is 521 Å². The van der Waals surface area contributed by atoms with Crippen LogP contribution in [0.25, 0.3) is 0 Å². The molecule has 6 aromatic heterocycles. The Labute approximate surface area is 583 Å². The van der Waals surface area contributed by atoms with E-state index in [-0.39, 0.29) is 107 Å². The number of nitrogens with zero attached hydrogens (tertiary/aromatic N) is 16. The molecule has 1 aliphatic heterocycles. The molecule has 0 atom stereocenters. The van der Waals surface area contributed by atoms with Gasteiger partial charge in [-0.1, -0.05) is 76.5 Å². The Bertz CT molecular complexity index is 3610. The predicted molar refractivity (Wildman–Crippen MR) is 359 cm³/mol. The fraction of sp³-hybridized carbons (Fsp3) is 0.407. The number of carbonyl (C=O) groups is 8. The number of hydrogen-bond acceptors (Lipinski definition) is 31. The molecule has 7 rings (SSSR count). The lowest BCUT2D eigenvalue weighted by molar-refractivity contribution is -0.141. The zero-order valence-electron chi connectivity index (χ0n) is 52.9. The van der Waals surface area contributed by atoms with Crippen LogP contribution < -0.4 is 37.2 Å². The highest BCUT2D eigenvalue weighted by Gasteiger charge is 2.24. The van der Waals surface area contributed by atoms with E-state index in [4.69, 9.17) is 106 Å². The van der Waals surface area contributed by atoms with Crippen molar-refractivity contribution in [1.82, 2.24) is 74.5 Å². The van der Waals surface area contributed by atoms with Crippen molar-refractivity contribution in [1.29, 1.82) is 0 Å². The van der Waals surface area contributed by atoms with Gasteiger partial charge in [0, 0.05) is 65.3 Å². The summed E-state index contributed by atoms with van der Waals surface area (Å²) in [5.74, 6) is -5.94. The molecule has 1 fully saturated rings. The van der Waals surface area contributed by atoms with Crippen molar-refractivity contribution >= 4 is 152 Å². The molecule has 7 heterocycles. The van der Waals surface area contributed by atoms with Crippen molar-refractivity contribution in [3.05, 3.63) is 102 Å². The Morgan fingerprint density at radius 1 is 0.454 bits per heavy atom. The van der Waals surface area contributed by atoms with Gasteiger partial charge in [-0.05, 0) is 55.1 Å². The fourth-order valence-corrected chi connectivity index (χ4v) is 8.35. The summed E-state index contributed by atoms with van der Waals surface area (Å²) in [4.78, 5) is 139. The second kappa shape index (κ2) is 44.5. The smallest absolute Gasteiger partial charge is 0.356 e. The van der Waals surface area contributed by atoms with Gasteiger partial charge in [0.2, 0.25) is 0 Å². The number of nitrogens with two attached hydrogens (primary N) is 1. The molecule has 0 spiro atoms. The predicted octanol–water partition coefficient (Wildman–Crippen LogP) is 4.79. The monoisotopic (exact) mass is 1480 g/mol. The van der Waals surface area contributed by atoms with Crippen molar-refractivity contribution in [3.63, 3.8) is 0 Å². The second-order valence-corrected chi connectivity index (χ2v) is 21.6. The first-order valence-electron chi connectivity index (χ1n) is 28.1. The van der Waals surface area contributed by atoms with Gasteiger partial charge >= 0.3 is 41.8 Å². The van der Waals surface area contributed by atoms with Crippen molar-refractivity contribution in [3.8, 4) is 0 Å². The van der Waals surface area contributed by atoms with Gasteiger partial charge in [-0.15, -0.1) is 0 Å². The summed E-state index contributed by atoms with van der Waals surface area (Å²) in [7, 11) is 9.89. The van der Waals surface area contributed by atoms with Crippen LogP contribution in [-0.2, 0) is 14.3 Å². The third-order valence-electron chi connectivity index (χ3n) is 11.7. The van der Waals surface area contributed by atoms with Crippen LogP contribution in [0.4, 0.5) is 34.9 Å². The summed E-state index contributed by atoms with van der Waals surface area (Å²) in [6.07, 6.45) is 8.16. The van der Waals surface area contributed by atoms with Crippen LogP contribution in [0.15, 0.2) is 38.0 Å². The molecule has 0 radical (unpaired) electrons. The van der Waals surface area contributed by atoms with Gasteiger partial charge in [0.15, 0.2) is 45.8 Å². The van der Waals surface area contributed by atoms with E-state index >= 15 is 0 Å². The third kappa shape index (κ3) is 29.8. The number of ketones is 1. The molecule has 43 heteroatoms. The highest BCUT2D eigenvalue weighted by Crippen LogP contribution is 2.28. The van der Waals surface area contributed by atoms with E-state index in [2.05, 4.69) is 101 Å². The summed E-state index contributed by atoms with van der Waals surface area (Å²) >= 11 is 34.9. The van der Waals surface area contributed by atoms with E-state index in [1.807, 2.05) is 45.0 Å². The number of aromatic carboxylic acids is 6. The number of carboxylic acids is 6. The number of Topliss-reactive ketones (excluding diaryl/α,β-unsaturated/α-hetero) is 1. The number of aromatic nitrogens is 12. The molecule has 13 N–H and O–H groups in total. The van der Waals surface area contributed by atoms with Gasteiger partial charge in [-0.3, -0.25) is 9.59 Å². The van der Waals surface area contributed by atoms with Gasteiger partial charge in [0.25, 0.3) is 0 Å². The summed E-state index contributed by atoms with van der Waals surface area (Å²) in [6.45, 7) is 10.9. The van der Waals surface area contributed by atoms with Crippen LogP contribution in [0.3, 0.4) is 0 Å². The highest BCUT2D eigenvalue weighted by atomic mass is 35.5. The van der Waals surface area contributed by atoms with Gasteiger partial charge in [0.05, 0.1) is 13.2 Å². The van der Waals surface area contributed by atoms with Crippen LogP contribution in [0.1, 0.15) is 89.6 Å². The average molecular weight is 1480 g/mol. The first-order valence-corrected chi connectivity index (χ1v) is 30.4. The van der Waals surface area contributed by atoms with Crippen molar-refractivity contribution in [2.75, 3.05) is 152 Å². The Morgan fingerprint density at radius 3 is 1.10 bits per heavy atom. The van der Waals surface area contributed by atoms with Gasteiger partial charge in [-0.2, -0.15) is 0 Å². The van der Waals surface area contributed by atoms with E-state index in [0.29, 0.717) is 50.1 Å². The van der Waals surface area contributed by atoms with E-state index in [9.17, 15) is 38.4 Å². The van der Waals surface area contributed by atoms with Gasteiger partial charge in [0.1, 0.15) is 104 Å². The van der Waals surface area contributed by atoms with Gasteiger partial charge in [-0.25, -0.2) is 88.6 Å². The zero-order valence-corrected chi connectivity index (χ0v) is 57.5. The lowest BCUT2D eigenvalue weighted by Gasteiger charge is -2.33. The number of carbonyl (C=O) groups excluding carboxylic acids is 2. The molecular formula is C54H70Cl6N22O15. The number of rotatable bonds is 27. The number of piperazine rings is 1. The SMILES string of the molecule is CCC(=O)CNc1ncnc(C(=O)O)c1Cl.CCOC(=O)CNc1ncnc(C(=O)O)c1Cl.CN(C)CCCNc1ncnc(C(=O)O)c1Cl.CN(C)CCNc1ncnc(C(=O)O)c1Cl.CN1CCN(c2ncnc(C(=O)O)c2Cl)CC1.NCCNc1ncnc(C(=O)O)c1Cl. The number of carboxylic acid groups (broad SMARTS) is 6. The molecule has 97 heavy (non-hydrogen) atoms. The summed E-state index contributed by atoms with van der Waals surface area (Å²) in [6, 6.07) is 0. The lowest BCUT2D eigenvalue weighted by Crippen LogP contribution is -2.45. The van der Waals surface area contributed by atoms with E-state index in [1.54, 1.807) is 13.8 Å². The fourth-order valence-electron chi connectivity index (χ4n) is 6.83. The quantitative estimate of drug-likeness (QED) is 0.0243. The van der Waals surface area contributed by atoms with Crippen LogP contribution in [0.5, 0.6) is 0 Å². The lowest BCUT2D eigenvalue weighted by atomic mass is 10.3. The Kier molecular flexibility index (Phi) is 38.5. The summed E-state index contributed by atoms with van der Waals surface area (Å²) in [5.41, 5.74) is 3.91. The Hall–Kier alpha value is -9.18. The molecule has 0 unspecified atom stereocenters. The Morgan fingerprint density at radius 2 is 0.773 bits per heavy atom. The summed E-state index contributed by atoms with van der Waals surface area (Å²) in [5, 5.41) is 66.6. The minimum absolute atomic E-state index is 0.00606. The number of esters is 1. The molecule has 0 saturated carbocycles. The van der Waals surface area contributed by atoms with Crippen molar-refractivity contribution in [2.24, 2.45) is 5.73 Å². The number of hydrogen-bond donors (Lipinski definition) is 12. The number of anilines is 6. The van der Waals surface area contributed by atoms with Crippen LogP contribution in [-0.4, -0.2) is 273 Å². The van der Waals surface area contributed by atoms with Crippen molar-refractivity contribution in [2.45, 2.75) is 26.7 Å². The van der Waals surface area contributed by atoms with Crippen LogP contribution >= 0.6 is 69.6 Å². The normalized spacial score (nSPS) is 11.4. The average Bonchev–Trinajstić information content (AvgIpc) is 1.10. The third-order valence-corrected chi connectivity index (χ3v) is 13.8. The number of nitrogens with one attached hydrogen (secondary N) is 5. The summed E-state index contributed by atoms with van der Waals surface area (Å²) < 4.78 is 4.68. The molecule has 0 aromatic carbocycles. The minimum Gasteiger partial charge on any atom is -0.476 e. The highest BCUT2D eigenvalue weighted by molar-refractivity contribution is 6.37. The van der Waals surface area contributed by atoms with Gasteiger partial charge < -0.3 is 87.3 Å². The molecular weight excluding hydrogens is 1410 g/mol. The number of ether oxygens (including phenoxy) is 1. The van der Waals surface area contributed by atoms with E-state index in [1.165, 1.54) is 19.0 Å². The maximum atomic E-state index is 11.1. The number of halogens is 6. The largest absolute Gasteiger partial charge is 0.476 e. The standard InChI is InChI=1S/C10H13ClN4O2.C10H15ClN4O2.C9H13ClN4O2.C9H10ClN3O4.C9H10ClN3O3.C7H9ClN4O2/c1-14-2-4-15(5-3-14)9-7(11)8(10(16)17)12-6-13-9;1-15(2)5-3-4-12-9-7(11)8(10(16)17)13-6-14-9;1-14(2)4-3-11-8-6(10)7(9(15)16)12-5-13-8;1-2-17-5(14)3-11-8-6(10)7(9(15)16)12-4-13-8;1-2-5(14)3-11-8-6(10)7(9(15)16)12-4-13-8;8-4-5(7(13)14)11-3-12-6(4)10-2-1-9/h6H,2-5H2,1H3,(H,16,17);6H,3-5H2,1-2H3,(H,16,17)(H,12,13,14);5H,3-4H2,1-2H3,(H,15,16)(H,11,12,13);4H,2-3H2,1H3,(H,15,16)(H,11,12,13);4H,2-3H2,1H3,(H,15,16)(H,11,12,13);3H,1-2,9H2,(H,13,14)(H,10,11,12). The maximum absolute atomic E-state index is 11.1. The molecule has 0 amide bonds. The molecule has 1 saturated heterocycles. The molecule has 0 bridgehead atoms. The zero-order chi connectivity index (χ0) is 72.9. The van der Waals surface area contributed by atoms with E-state index in [0.717, 1.165) is 64.7 Å². The number of likely N-dealkylation sites (N-methyl/N-ethyl adjacent to an activating group) is 2. The molecule has 37 nitrogen and oxygen atoms in total. The Balaban J connectivity index is 0.000000396. The van der Waals surface area contributed by atoms with E-state index < -0.39 is 41.8 Å². The second-order valence-electron chi connectivity index (χ2n) is 19.3.